The van der Waals surface area contributed by atoms with E-state index in [1.54, 1.807) is 12.1 Å². The summed E-state index contributed by atoms with van der Waals surface area (Å²) in [5, 5.41) is 11.6. The van der Waals surface area contributed by atoms with E-state index in [-0.39, 0.29) is 23.7 Å². The van der Waals surface area contributed by atoms with Crippen molar-refractivity contribution >= 4 is 0 Å². The summed E-state index contributed by atoms with van der Waals surface area (Å²) in [7, 11) is 0. The molecule has 0 aliphatic carbocycles. The molecule has 1 aromatic heterocycles. The van der Waals surface area contributed by atoms with Crippen molar-refractivity contribution in [2.45, 2.75) is 12.7 Å². The fourth-order valence-corrected chi connectivity index (χ4v) is 2.01. The third kappa shape index (κ3) is 3.53. The maximum absolute atomic E-state index is 12.8. The van der Waals surface area contributed by atoms with Crippen molar-refractivity contribution in [1.29, 1.82) is 0 Å². The molecule has 0 radical (unpaired) electrons. The number of hydrogen-bond donors (Lipinski definition) is 0. The summed E-state index contributed by atoms with van der Waals surface area (Å²) in [4.78, 5) is 1.24. The van der Waals surface area contributed by atoms with Gasteiger partial charge in [0.25, 0.3) is 0 Å². The summed E-state index contributed by atoms with van der Waals surface area (Å²) in [5.74, 6) is -0.261. The molecule has 0 saturated heterocycles. The SMILES string of the molecule is Fc1ccc(Cn2nnc(-c3cccc(C(F)(F)F)c3)n2)cc1. The Morgan fingerprint density at radius 2 is 1.74 bits per heavy atom. The van der Waals surface area contributed by atoms with Gasteiger partial charge in [-0.25, -0.2) is 4.39 Å². The Kier molecular flexibility index (Phi) is 3.81. The average molecular weight is 322 g/mol. The molecule has 0 unspecified atom stereocenters. The first-order valence-electron chi connectivity index (χ1n) is 6.62. The highest BCUT2D eigenvalue weighted by Crippen LogP contribution is 2.31. The third-order valence-electron chi connectivity index (χ3n) is 3.14. The standard InChI is InChI=1S/C15H10F4N4/c16-13-6-4-10(5-7-13)9-23-21-14(20-22-23)11-2-1-3-12(8-11)15(17,18)19/h1-8H,9H2. The average Bonchev–Trinajstić information content (AvgIpc) is 2.97. The highest BCUT2D eigenvalue weighted by atomic mass is 19.4. The van der Waals surface area contributed by atoms with Gasteiger partial charge in [0, 0.05) is 5.56 Å². The number of benzene rings is 2. The van der Waals surface area contributed by atoms with E-state index < -0.39 is 11.7 Å². The van der Waals surface area contributed by atoms with Crippen molar-refractivity contribution in [1.82, 2.24) is 20.2 Å². The van der Waals surface area contributed by atoms with E-state index in [2.05, 4.69) is 15.4 Å². The Balaban J connectivity index is 1.83. The van der Waals surface area contributed by atoms with Crippen molar-refractivity contribution in [2.75, 3.05) is 0 Å². The first-order chi connectivity index (χ1) is 10.9. The van der Waals surface area contributed by atoms with Crippen LogP contribution in [0.3, 0.4) is 0 Å². The molecule has 4 nitrogen and oxygen atoms in total. The Morgan fingerprint density at radius 3 is 2.43 bits per heavy atom. The van der Waals surface area contributed by atoms with Crippen molar-refractivity contribution < 1.29 is 17.6 Å². The predicted octanol–water partition coefficient (Wildman–Crippen LogP) is 3.55. The van der Waals surface area contributed by atoms with Gasteiger partial charge in [0.2, 0.25) is 5.82 Å². The first-order valence-corrected chi connectivity index (χ1v) is 6.62. The summed E-state index contributed by atoms with van der Waals surface area (Å²) in [6.07, 6.45) is -4.43. The second kappa shape index (κ2) is 5.79. The van der Waals surface area contributed by atoms with Crippen LogP contribution < -0.4 is 0 Å². The minimum absolute atomic E-state index is 0.0956. The lowest BCUT2D eigenvalue weighted by atomic mass is 10.1. The summed E-state index contributed by atoms with van der Waals surface area (Å²) in [5.41, 5.74) is 0.203. The van der Waals surface area contributed by atoms with Crippen LogP contribution in [0.25, 0.3) is 11.4 Å². The molecule has 2 aromatic carbocycles. The highest BCUT2D eigenvalue weighted by molar-refractivity contribution is 5.55. The van der Waals surface area contributed by atoms with Crippen molar-refractivity contribution in [3.63, 3.8) is 0 Å². The molecule has 0 aliphatic rings. The first kappa shape index (κ1) is 15.1. The van der Waals surface area contributed by atoms with Crippen LogP contribution in [-0.4, -0.2) is 20.2 Å². The van der Waals surface area contributed by atoms with Crippen molar-refractivity contribution in [3.8, 4) is 11.4 Å². The Morgan fingerprint density at radius 1 is 1.00 bits per heavy atom. The van der Waals surface area contributed by atoms with E-state index in [0.29, 0.717) is 0 Å². The van der Waals surface area contributed by atoms with E-state index in [0.717, 1.165) is 17.7 Å². The molecule has 0 atom stereocenters. The number of halogens is 4. The second-order valence-corrected chi connectivity index (χ2v) is 4.85. The predicted molar refractivity (Wildman–Crippen MR) is 73.8 cm³/mol. The van der Waals surface area contributed by atoms with Gasteiger partial charge in [0.15, 0.2) is 0 Å². The largest absolute Gasteiger partial charge is 0.416 e. The lowest BCUT2D eigenvalue weighted by Crippen LogP contribution is -2.05. The maximum Gasteiger partial charge on any atom is 0.416 e. The van der Waals surface area contributed by atoms with Crippen LogP contribution in [0.15, 0.2) is 48.5 Å². The van der Waals surface area contributed by atoms with Crippen LogP contribution in [0.1, 0.15) is 11.1 Å². The zero-order valence-electron chi connectivity index (χ0n) is 11.6. The molecule has 0 amide bonds. The molecule has 23 heavy (non-hydrogen) atoms. The van der Waals surface area contributed by atoms with Crippen LogP contribution in [0, 0.1) is 5.82 Å². The van der Waals surface area contributed by atoms with Gasteiger partial charge in [-0.15, -0.1) is 10.2 Å². The molecule has 0 fully saturated rings. The zero-order valence-corrected chi connectivity index (χ0v) is 11.6. The molecule has 1 heterocycles. The van der Waals surface area contributed by atoms with Crippen LogP contribution in [-0.2, 0) is 12.7 Å². The van der Waals surface area contributed by atoms with Crippen LogP contribution >= 0.6 is 0 Å². The summed E-state index contributed by atoms with van der Waals surface area (Å²) >= 11 is 0. The van der Waals surface area contributed by atoms with Crippen LogP contribution in [0.2, 0.25) is 0 Å². The summed E-state index contributed by atoms with van der Waals surface area (Å²) in [6, 6.07) is 10.5. The normalized spacial score (nSPS) is 11.7. The van der Waals surface area contributed by atoms with Crippen LogP contribution in [0.5, 0.6) is 0 Å². The molecule has 8 heteroatoms. The molecule has 0 bridgehead atoms. The number of alkyl halides is 3. The summed E-state index contributed by atoms with van der Waals surface area (Å²) in [6.45, 7) is 0.242. The lowest BCUT2D eigenvalue weighted by molar-refractivity contribution is -0.137. The summed E-state index contributed by atoms with van der Waals surface area (Å²) < 4.78 is 51.0. The van der Waals surface area contributed by atoms with Gasteiger partial charge in [-0.2, -0.15) is 18.0 Å². The number of tetrazole rings is 1. The third-order valence-corrected chi connectivity index (χ3v) is 3.14. The molecule has 0 aliphatic heterocycles. The van der Waals surface area contributed by atoms with E-state index in [1.807, 2.05) is 0 Å². The minimum atomic E-state index is -4.43. The van der Waals surface area contributed by atoms with Gasteiger partial charge < -0.3 is 0 Å². The number of nitrogens with zero attached hydrogens (tertiary/aromatic N) is 4. The minimum Gasteiger partial charge on any atom is -0.207 e. The monoisotopic (exact) mass is 322 g/mol. The fourth-order valence-electron chi connectivity index (χ4n) is 2.01. The highest BCUT2D eigenvalue weighted by Gasteiger charge is 2.30. The topological polar surface area (TPSA) is 43.6 Å². The van der Waals surface area contributed by atoms with Crippen LogP contribution in [0.4, 0.5) is 17.6 Å². The van der Waals surface area contributed by atoms with Gasteiger partial charge in [-0.05, 0) is 35.0 Å². The van der Waals surface area contributed by atoms with E-state index >= 15 is 0 Å². The number of rotatable bonds is 3. The molecule has 3 aromatic rings. The lowest BCUT2D eigenvalue weighted by Gasteiger charge is -2.06. The molecule has 0 spiro atoms. The number of hydrogen-bond acceptors (Lipinski definition) is 3. The smallest absolute Gasteiger partial charge is 0.207 e. The Hall–Kier alpha value is -2.77. The number of aromatic nitrogens is 4. The molecule has 0 N–H and O–H groups in total. The van der Waals surface area contributed by atoms with E-state index in [9.17, 15) is 17.6 Å². The van der Waals surface area contributed by atoms with E-state index in [1.165, 1.54) is 29.1 Å². The Labute approximate surface area is 128 Å². The molecule has 118 valence electrons. The molecule has 3 rings (SSSR count). The van der Waals surface area contributed by atoms with Gasteiger partial charge in [-0.3, -0.25) is 0 Å². The van der Waals surface area contributed by atoms with Gasteiger partial charge in [-0.1, -0.05) is 24.3 Å². The molecular formula is C15H10F4N4. The Bertz CT molecular complexity index is 809. The van der Waals surface area contributed by atoms with E-state index in [4.69, 9.17) is 0 Å². The fraction of sp³-hybridized carbons (Fsp3) is 0.133. The van der Waals surface area contributed by atoms with Gasteiger partial charge in [0.05, 0.1) is 12.1 Å². The maximum atomic E-state index is 12.8. The van der Waals surface area contributed by atoms with Crippen molar-refractivity contribution in [2.24, 2.45) is 0 Å². The van der Waals surface area contributed by atoms with Gasteiger partial charge in [0.1, 0.15) is 5.82 Å². The second-order valence-electron chi connectivity index (χ2n) is 4.85. The van der Waals surface area contributed by atoms with Crippen molar-refractivity contribution in [3.05, 3.63) is 65.5 Å². The molecular weight excluding hydrogens is 312 g/mol. The van der Waals surface area contributed by atoms with Gasteiger partial charge >= 0.3 is 6.18 Å². The molecule has 0 saturated carbocycles. The zero-order chi connectivity index (χ0) is 16.4. The quantitative estimate of drug-likeness (QED) is 0.693.